The van der Waals surface area contributed by atoms with Crippen LogP contribution >= 0.6 is 0 Å². The number of hydrogen-bond acceptors (Lipinski definition) is 3. The van der Waals surface area contributed by atoms with Gasteiger partial charge in [0.1, 0.15) is 0 Å². The van der Waals surface area contributed by atoms with Gasteiger partial charge in [-0.05, 0) is 70.6 Å². The Hall–Kier alpha value is -2.69. The Kier molecular flexibility index (Phi) is 47.4. The number of unbranched alkanes of at least 4 members (excludes halogenated alkanes) is 23. The number of nitrogens with one attached hydrogen (secondary N) is 1. The van der Waals surface area contributed by atoms with E-state index in [4.69, 9.17) is 0 Å². The van der Waals surface area contributed by atoms with Gasteiger partial charge in [-0.2, -0.15) is 0 Å². The smallest absolute Gasteiger partial charge is 0.220 e. The highest BCUT2D eigenvalue weighted by atomic mass is 16.3. The summed E-state index contributed by atoms with van der Waals surface area (Å²) in [5.41, 5.74) is 0. The molecule has 4 heteroatoms. The van der Waals surface area contributed by atoms with E-state index in [1.54, 1.807) is 6.08 Å². The van der Waals surface area contributed by atoms with Gasteiger partial charge >= 0.3 is 0 Å². The highest BCUT2D eigenvalue weighted by Gasteiger charge is 2.17. The van der Waals surface area contributed by atoms with Crippen molar-refractivity contribution in [3.63, 3.8) is 0 Å². The molecule has 0 aliphatic heterocycles. The second-order valence-corrected chi connectivity index (χ2v) is 16.5. The topological polar surface area (TPSA) is 69.6 Å². The van der Waals surface area contributed by atoms with Gasteiger partial charge in [-0.3, -0.25) is 4.79 Å². The molecule has 0 fully saturated rings. The zero-order valence-electron chi connectivity index (χ0n) is 38.7. The van der Waals surface area contributed by atoms with Crippen molar-refractivity contribution >= 4 is 5.91 Å². The maximum atomic E-state index is 12.4. The first-order chi connectivity index (χ1) is 29.2. The third-order valence-electron chi connectivity index (χ3n) is 10.8. The molecule has 338 valence electrons. The van der Waals surface area contributed by atoms with Crippen LogP contribution in [-0.4, -0.2) is 34.9 Å². The first-order valence-electron chi connectivity index (χ1n) is 25.0. The van der Waals surface area contributed by atoms with E-state index in [1.165, 1.54) is 135 Å². The molecule has 0 rings (SSSR count). The number of hydrogen-bond donors (Lipinski definition) is 3. The van der Waals surface area contributed by atoms with Gasteiger partial charge in [-0.25, -0.2) is 0 Å². The Bertz CT molecular complexity index is 1110. The van der Waals surface area contributed by atoms with Crippen LogP contribution in [-0.2, 0) is 4.79 Å². The average molecular weight is 818 g/mol. The SMILES string of the molecule is CC/C=C\C/C=C\C/C=C\C/C=C\C/C=C\C/C=C\C/C=C\CCCC(=O)NC(CO)C(O)/C=C/CCCCCCCCCCCCCCCCCCCCCCCC. The Morgan fingerprint density at radius 3 is 1.10 bits per heavy atom. The summed E-state index contributed by atoms with van der Waals surface area (Å²) in [5.74, 6) is -0.124. The van der Waals surface area contributed by atoms with Crippen LogP contribution in [0.3, 0.4) is 0 Å². The molecule has 0 aliphatic carbocycles. The highest BCUT2D eigenvalue weighted by molar-refractivity contribution is 5.76. The fourth-order valence-corrected chi connectivity index (χ4v) is 7.05. The van der Waals surface area contributed by atoms with Crippen molar-refractivity contribution in [1.29, 1.82) is 0 Å². The minimum atomic E-state index is -0.870. The molecule has 3 N–H and O–H groups in total. The van der Waals surface area contributed by atoms with Gasteiger partial charge in [-0.15, -0.1) is 0 Å². The summed E-state index contributed by atoms with van der Waals surface area (Å²) in [5, 5.41) is 23.1. The molecule has 0 saturated heterocycles. The Labute approximate surface area is 366 Å². The number of carbonyl (C=O) groups excluding carboxylic acids is 1. The standard InChI is InChI=1S/C55H95NO3/c1-3-5-7-9-11-13-15-17-19-21-23-25-27-29-30-32-34-36-38-40-42-44-46-48-50-54(58)53(52-57)56-55(59)51-49-47-45-43-41-39-37-35-33-31-28-26-24-22-20-18-16-14-12-10-8-6-4-2/h6,8,12,14,18,20,24,26,31,33,37,39,43,45,48,50,53-54,57-58H,3-5,7,9-11,13,15-17,19,21-23,25,27-30,32,34-36,38,40-42,44,46-47,49,51-52H2,1-2H3,(H,56,59)/b8-6-,14-12-,20-18-,26-24-,33-31-,39-37-,45-43-,50-48+. The normalized spacial score (nSPS) is 13.8. The number of amides is 1. The van der Waals surface area contributed by atoms with Crippen LogP contribution < -0.4 is 5.32 Å². The summed E-state index contributed by atoms with van der Waals surface area (Å²) >= 11 is 0. The summed E-state index contributed by atoms with van der Waals surface area (Å²) in [4.78, 5) is 12.4. The van der Waals surface area contributed by atoms with Gasteiger partial charge in [0.2, 0.25) is 5.91 Å². The molecule has 0 heterocycles. The Balaban J connectivity index is 3.67. The summed E-state index contributed by atoms with van der Waals surface area (Å²) in [6, 6.07) is -0.660. The molecule has 0 radical (unpaired) electrons. The fraction of sp³-hybridized carbons (Fsp3) is 0.691. The van der Waals surface area contributed by atoms with Crippen LogP contribution in [0, 0.1) is 0 Å². The molecule has 0 aromatic heterocycles. The van der Waals surface area contributed by atoms with Gasteiger partial charge in [0.05, 0.1) is 18.8 Å². The lowest BCUT2D eigenvalue weighted by atomic mass is 10.0. The van der Waals surface area contributed by atoms with E-state index in [1.807, 2.05) is 6.08 Å². The Morgan fingerprint density at radius 2 is 0.746 bits per heavy atom. The number of aliphatic hydroxyl groups excluding tert-OH is 2. The number of aliphatic hydroxyl groups is 2. The van der Waals surface area contributed by atoms with Crippen LogP contribution in [0.2, 0.25) is 0 Å². The predicted octanol–water partition coefficient (Wildman–Crippen LogP) is 16.2. The molecule has 0 aliphatic rings. The summed E-state index contributed by atoms with van der Waals surface area (Å²) in [6.07, 6.45) is 74.0. The molecule has 0 aromatic rings. The maximum Gasteiger partial charge on any atom is 0.220 e. The van der Waals surface area contributed by atoms with Crippen LogP contribution in [0.5, 0.6) is 0 Å². The number of rotatable bonds is 44. The molecule has 0 saturated carbocycles. The molecule has 1 amide bonds. The first kappa shape index (κ1) is 56.3. The first-order valence-corrected chi connectivity index (χ1v) is 25.0. The number of carbonyl (C=O) groups is 1. The lowest BCUT2D eigenvalue weighted by Crippen LogP contribution is -2.45. The largest absolute Gasteiger partial charge is 0.394 e. The lowest BCUT2D eigenvalue weighted by Gasteiger charge is -2.19. The summed E-state index contributed by atoms with van der Waals surface area (Å²) < 4.78 is 0. The molecular formula is C55H95NO3. The number of allylic oxidation sites excluding steroid dienone is 15. The molecule has 0 aromatic carbocycles. The van der Waals surface area contributed by atoms with Crippen molar-refractivity contribution in [3.05, 3.63) is 97.2 Å². The lowest BCUT2D eigenvalue weighted by molar-refractivity contribution is -0.122. The molecular weight excluding hydrogens is 723 g/mol. The second-order valence-electron chi connectivity index (χ2n) is 16.5. The minimum Gasteiger partial charge on any atom is -0.394 e. The minimum absolute atomic E-state index is 0.124. The van der Waals surface area contributed by atoms with Crippen molar-refractivity contribution in [1.82, 2.24) is 5.32 Å². The van der Waals surface area contributed by atoms with Gasteiger partial charge in [0, 0.05) is 6.42 Å². The van der Waals surface area contributed by atoms with Crippen molar-refractivity contribution in [2.45, 2.75) is 238 Å². The van der Waals surface area contributed by atoms with Crippen LogP contribution in [0.1, 0.15) is 226 Å². The quantitative estimate of drug-likeness (QED) is 0.0424. The van der Waals surface area contributed by atoms with E-state index in [9.17, 15) is 15.0 Å². The van der Waals surface area contributed by atoms with E-state index in [2.05, 4.69) is 104 Å². The molecule has 4 nitrogen and oxygen atoms in total. The monoisotopic (exact) mass is 818 g/mol. The van der Waals surface area contributed by atoms with Crippen LogP contribution in [0.25, 0.3) is 0 Å². The van der Waals surface area contributed by atoms with E-state index >= 15 is 0 Å². The average Bonchev–Trinajstić information content (AvgIpc) is 3.24. The van der Waals surface area contributed by atoms with Crippen LogP contribution in [0.15, 0.2) is 97.2 Å². The van der Waals surface area contributed by atoms with Crippen LogP contribution in [0.4, 0.5) is 0 Å². The molecule has 2 unspecified atom stereocenters. The van der Waals surface area contributed by atoms with Crippen molar-refractivity contribution in [2.75, 3.05) is 6.61 Å². The van der Waals surface area contributed by atoms with Gasteiger partial charge in [0.25, 0.3) is 0 Å². The van der Waals surface area contributed by atoms with Gasteiger partial charge in [0.15, 0.2) is 0 Å². The third-order valence-corrected chi connectivity index (χ3v) is 10.8. The zero-order valence-corrected chi connectivity index (χ0v) is 38.7. The molecule has 0 spiro atoms. The van der Waals surface area contributed by atoms with Crippen molar-refractivity contribution in [3.8, 4) is 0 Å². The van der Waals surface area contributed by atoms with E-state index in [0.717, 1.165) is 70.6 Å². The van der Waals surface area contributed by atoms with E-state index in [-0.39, 0.29) is 12.5 Å². The zero-order chi connectivity index (χ0) is 42.8. The highest BCUT2D eigenvalue weighted by Crippen LogP contribution is 2.16. The van der Waals surface area contributed by atoms with Gasteiger partial charge in [-0.1, -0.05) is 246 Å². The van der Waals surface area contributed by atoms with Crippen molar-refractivity contribution < 1.29 is 15.0 Å². The van der Waals surface area contributed by atoms with Gasteiger partial charge < -0.3 is 15.5 Å². The molecule has 59 heavy (non-hydrogen) atoms. The van der Waals surface area contributed by atoms with E-state index < -0.39 is 12.1 Å². The second kappa shape index (κ2) is 49.7. The maximum absolute atomic E-state index is 12.4. The van der Waals surface area contributed by atoms with Crippen molar-refractivity contribution in [2.24, 2.45) is 0 Å². The predicted molar refractivity (Wildman–Crippen MR) is 262 cm³/mol. The molecule has 0 bridgehead atoms. The third kappa shape index (κ3) is 46.2. The summed E-state index contributed by atoms with van der Waals surface area (Å²) in [7, 11) is 0. The summed E-state index contributed by atoms with van der Waals surface area (Å²) in [6.45, 7) is 4.18. The van der Waals surface area contributed by atoms with E-state index in [0.29, 0.717) is 6.42 Å². The molecule has 2 atom stereocenters. The fourth-order valence-electron chi connectivity index (χ4n) is 7.05. The Morgan fingerprint density at radius 1 is 0.424 bits per heavy atom.